The van der Waals surface area contributed by atoms with Gasteiger partial charge in [0.1, 0.15) is 0 Å². The molecule has 1 aliphatic rings. The van der Waals surface area contributed by atoms with E-state index < -0.39 is 39.2 Å². The van der Waals surface area contributed by atoms with Crippen molar-refractivity contribution in [2.45, 2.75) is 96.1 Å². The van der Waals surface area contributed by atoms with Crippen molar-refractivity contribution in [1.82, 2.24) is 9.97 Å². The van der Waals surface area contributed by atoms with Crippen LogP contribution >= 0.6 is 11.3 Å². The Morgan fingerprint density at radius 1 is 0.873 bits per heavy atom. The zero-order valence-electron chi connectivity index (χ0n) is 41.9. The van der Waals surface area contributed by atoms with E-state index in [0.29, 0.717) is 22.2 Å². The normalized spacial score (nSPS) is 17.7. The molecule has 7 aromatic rings. The predicted octanol–water partition coefficient (Wildman–Crippen LogP) is 13.4. The van der Waals surface area contributed by atoms with Crippen LogP contribution in [0.3, 0.4) is 0 Å². The molecule has 4 aromatic carbocycles. The molecule has 0 atom stereocenters. The third-order valence-electron chi connectivity index (χ3n) is 9.69. The van der Waals surface area contributed by atoms with Crippen LogP contribution in [0.2, 0.25) is 17.3 Å². The molecule has 3 heterocycles. The molecule has 0 N–H and O–H groups in total. The summed E-state index contributed by atoms with van der Waals surface area (Å²) in [6.45, 7) is 8.08. The largest absolute Gasteiger partial charge is 0 e. The number of aromatic nitrogens is 2. The van der Waals surface area contributed by atoms with E-state index >= 15 is 0 Å². The van der Waals surface area contributed by atoms with E-state index in [4.69, 9.17) is 12.3 Å². The minimum absolute atomic E-state index is 0. The number of hydrogen-bond donors (Lipinski definition) is 0. The van der Waals surface area contributed by atoms with Crippen LogP contribution in [0.5, 0.6) is 0 Å². The second kappa shape index (κ2) is 17.0. The van der Waals surface area contributed by atoms with Crippen molar-refractivity contribution in [2.24, 2.45) is 5.92 Å². The van der Waals surface area contributed by atoms with Gasteiger partial charge in [-0.15, -0.1) is 23.3 Å². The number of hydrogen-bond acceptors (Lipinski definition) is 3. The van der Waals surface area contributed by atoms with Gasteiger partial charge in [0.15, 0.2) is 0 Å². The molecular formula is C50H54GeIrN2S-2. The topological polar surface area (TPSA) is 25.8 Å². The average Bonchev–Trinajstić information content (AvgIpc) is 3.60. The molecular weight excluding hydrogens is 925 g/mol. The summed E-state index contributed by atoms with van der Waals surface area (Å²) in [6.07, 6.45) is -1.17. The van der Waals surface area contributed by atoms with E-state index in [9.17, 15) is 0 Å². The van der Waals surface area contributed by atoms with Gasteiger partial charge in [0, 0.05) is 40.6 Å². The standard InChI is InChI=1S/C32H30NS.C18H24GeN.Ir/c1-20-9-15-26(28-17-22-7-5-6-8-24(22)19-33-28)31-30(20)27-16-12-23(18-29(27)34-31)21-10-13-25(14-11-21)32(2,3)4;1-14(2)11-16-12-18(15-9-7-6-8-10-15)20-13-17(16)19(3,4)5;/h9-14,16-19H,5-8H2,1-4H3;6-9,12-14H,11H2,1-5H3;/q2*-1;/i1D3,7D2,8D2;11D2;. The molecule has 1 aliphatic carbocycles. The maximum atomic E-state index is 8.56. The third-order valence-corrected chi connectivity index (χ3v) is 15.1. The Labute approximate surface area is 362 Å². The number of fused-ring (bicyclic) bond motifs is 4. The summed E-state index contributed by atoms with van der Waals surface area (Å²) in [7, 11) is 0. The first kappa shape index (κ1) is 30.7. The van der Waals surface area contributed by atoms with Crippen molar-refractivity contribution >= 4 is 49.2 Å². The fraction of sp³-hybridized carbons (Fsp3) is 0.320. The number of rotatable bonds is 6. The first-order valence-electron chi connectivity index (χ1n) is 23.2. The fourth-order valence-electron chi connectivity index (χ4n) is 6.81. The molecule has 8 rings (SSSR count). The Morgan fingerprint density at radius 2 is 1.60 bits per heavy atom. The average molecular weight is 989 g/mol. The Morgan fingerprint density at radius 3 is 2.27 bits per heavy atom. The van der Waals surface area contributed by atoms with Crippen LogP contribution in [-0.2, 0) is 44.6 Å². The molecule has 0 unspecified atom stereocenters. The Hall–Kier alpha value is -3.41. The Bertz CT molecular complexity index is 2810. The molecule has 0 amide bonds. The quantitative estimate of drug-likeness (QED) is 0.123. The molecule has 3 aromatic heterocycles. The second-order valence-electron chi connectivity index (χ2n) is 16.3. The van der Waals surface area contributed by atoms with Gasteiger partial charge in [0.05, 0.1) is 0 Å². The fourth-order valence-corrected chi connectivity index (χ4v) is 11.0. The van der Waals surface area contributed by atoms with Gasteiger partial charge >= 0.3 is 128 Å². The van der Waals surface area contributed by atoms with E-state index in [0.717, 1.165) is 47.1 Å². The molecule has 0 fully saturated rings. The van der Waals surface area contributed by atoms with E-state index in [1.54, 1.807) is 6.07 Å². The zero-order chi connectivity index (χ0) is 46.1. The van der Waals surface area contributed by atoms with Crippen LogP contribution in [0.4, 0.5) is 0 Å². The maximum absolute atomic E-state index is 8.56. The molecule has 0 spiro atoms. The number of benzene rings is 4. The summed E-state index contributed by atoms with van der Waals surface area (Å²) in [5, 5.41) is 1.47. The van der Waals surface area contributed by atoms with Crippen LogP contribution in [0.15, 0.2) is 97.3 Å². The van der Waals surface area contributed by atoms with Crippen molar-refractivity contribution < 1.29 is 32.4 Å². The summed E-state index contributed by atoms with van der Waals surface area (Å²) in [5.41, 5.74) is 7.78. The SMILES string of the molecule is [2H]C([2H])([2H])c1c[c-]c(-c2cc3c(cn2)C([2H])([2H])CCC3([2H])[2H])c2sc3cc(-c4ccc(C(C)(C)C)cc4)ccc3c12.[2H]C([2H])(c1cc(-c2[c-]cccc2)nc[c]1[Ge]([CH3])([CH3])[CH3])C(C)C.[Ir]. The van der Waals surface area contributed by atoms with E-state index in [2.05, 4.69) is 90.5 Å². The van der Waals surface area contributed by atoms with Gasteiger partial charge in [0.25, 0.3) is 0 Å². The first-order chi connectivity index (χ1) is 29.2. The molecule has 0 bridgehead atoms. The molecule has 285 valence electrons. The molecule has 0 aliphatic heterocycles. The van der Waals surface area contributed by atoms with E-state index in [-0.39, 0.29) is 55.4 Å². The maximum Gasteiger partial charge on any atom is 0 e. The van der Waals surface area contributed by atoms with Gasteiger partial charge in [-0.1, -0.05) is 81.0 Å². The Balaban J connectivity index is 0.000000251. The van der Waals surface area contributed by atoms with Gasteiger partial charge in [-0.05, 0) is 75.1 Å². The van der Waals surface area contributed by atoms with Gasteiger partial charge in [0.2, 0.25) is 0 Å². The molecule has 0 saturated carbocycles. The zero-order valence-corrected chi connectivity index (χ0v) is 38.2. The smallest absolute Gasteiger partial charge is 0 e. The van der Waals surface area contributed by atoms with Gasteiger partial charge in [-0.25, -0.2) is 0 Å². The van der Waals surface area contributed by atoms with Crippen LogP contribution < -0.4 is 4.40 Å². The van der Waals surface area contributed by atoms with Crippen LogP contribution in [0.1, 0.15) is 87.6 Å². The number of aryl methyl sites for hydroxylation is 3. The van der Waals surface area contributed by atoms with Gasteiger partial charge < -0.3 is 4.98 Å². The summed E-state index contributed by atoms with van der Waals surface area (Å²) < 4.78 is 78.5. The number of thiophene rings is 1. The van der Waals surface area contributed by atoms with Crippen LogP contribution in [0, 0.1) is 24.9 Å². The minimum atomic E-state index is -2.35. The van der Waals surface area contributed by atoms with E-state index in [1.807, 2.05) is 62.5 Å². The summed E-state index contributed by atoms with van der Waals surface area (Å²) in [5.74, 6) is 6.77. The third kappa shape index (κ3) is 9.26. The molecule has 0 saturated heterocycles. The monoisotopic (exact) mass is 990 g/mol. The second-order valence-corrected chi connectivity index (χ2v) is 28.0. The number of pyridine rings is 2. The first-order valence-corrected chi connectivity index (χ1v) is 26.9. The summed E-state index contributed by atoms with van der Waals surface area (Å²) in [4.78, 5) is 9.15. The van der Waals surface area contributed by atoms with Crippen molar-refractivity contribution in [1.29, 1.82) is 0 Å². The van der Waals surface area contributed by atoms with Crippen molar-refractivity contribution in [3.63, 3.8) is 0 Å². The summed E-state index contributed by atoms with van der Waals surface area (Å²) >= 11 is -0.725. The van der Waals surface area contributed by atoms with Gasteiger partial charge in [-0.2, -0.15) is 11.3 Å². The minimum Gasteiger partial charge on any atom is 0 e. The van der Waals surface area contributed by atoms with E-state index in [1.165, 1.54) is 29.2 Å². The van der Waals surface area contributed by atoms with Crippen LogP contribution in [-0.4, -0.2) is 23.2 Å². The van der Waals surface area contributed by atoms with Gasteiger partial charge in [-0.3, -0.25) is 0 Å². The summed E-state index contributed by atoms with van der Waals surface area (Å²) in [6, 6.07) is 33.7. The molecule has 2 nitrogen and oxygen atoms in total. The molecule has 1 radical (unpaired) electrons. The Kier molecular flexibility index (Phi) is 9.48. The number of nitrogens with zero attached hydrogens (tertiary/aromatic N) is 2. The predicted molar refractivity (Wildman–Crippen MR) is 237 cm³/mol. The van der Waals surface area contributed by atoms with Crippen molar-refractivity contribution in [3.05, 3.63) is 137 Å². The molecule has 55 heavy (non-hydrogen) atoms. The molecule has 5 heteroatoms. The van der Waals surface area contributed by atoms with Crippen LogP contribution in [0.25, 0.3) is 53.8 Å². The van der Waals surface area contributed by atoms with Crippen molar-refractivity contribution in [2.75, 3.05) is 0 Å². The van der Waals surface area contributed by atoms with Crippen molar-refractivity contribution in [3.8, 4) is 33.6 Å².